The van der Waals surface area contributed by atoms with Gasteiger partial charge in [0.1, 0.15) is 0 Å². The van der Waals surface area contributed by atoms with Gasteiger partial charge in [0.05, 0.1) is 18.4 Å². The summed E-state index contributed by atoms with van der Waals surface area (Å²) in [5, 5.41) is 11.3. The number of aromatic nitrogens is 2. The van der Waals surface area contributed by atoms with E-state index in [1.165, 1.54) is 44.2 Å². The number of hydrogen-bond acceptors (Lipinski definition) is 3. The van der Waals surface area contributed by atoms with Crippen molar-refractivity contribution >= 4 is 5.96 Å². The molecule has 0 spiro atoms. The normalized spacial score (nSPS) is 17.8. The van der Waals surface area contributed by atoms with E-state index in [9.17, 15) is 0 Å². The Labute approximate surface area is 158 Å². The molecule has 148 valence electrons. The van der Waals surface area contributed by atoms with Gasteiger partial charge in [0, 0.05) is 32.4 Å². The van der Waals surface area contributed by atoms with E-state index in [-0.39, 0.29) is 0 Å². The highest BCUT2D eigenvalue weighted by Gasteiger charge is 2.12. The van der Waals surface area contributed by atoms with Crippen LogP contribution >= 0.6 is 0 Å². The third-order valence-corrected chi connectivity index (χ3v) is 4.98. The Morgan fingerprint density at radius 1 is 1.27 bits per heavy atom. The molecule has 0 saturated heterocycles. The summed E-state index contributed by atoms with van der Waals surface area (Å²) in [6, 6.07) is 2.12. The molecule has 1 heterocycles. The molecular weight excluding hydrogens is 326 g/mol. The van der Waals surface area contributed by atoms with E-state index >= 15 is 0 Å². The summed E-state index contributed by atoms with van der Waals surface area (Å²) >= 11 is 0. The van der Waals surface area contributed by atoms with E-state index in [1.54, 1.807) is 0 Å². The van der Waals surface area contributed by atoms with E-state index < -0.39 is 0 Å². The first-order chi connectivity index (χ1) is 12.6. The Morgan fingerprint density at radius 2 is 2.00 bits per heavy atom. The summed E-state index contributed by atoms with van der Waals surface area (Å²) in [6.07, 6.45) is 8.25. The second kappa shape index (κ2) is 11.2. The van der Waals surface area contributed by atoms with Gasteiger partial charge in [0.2, 0.25) is 0 Å². The summed E-state index contributed by atoms with van der Waals surface area (Å²) in [6.45, 7) is 9.68. The highest BCUT2D eigenvalue weighted by Crippen LogP contribution is 2.19. The quantitative estimate of drug-likeness (QED) is 0.322. The molecule has 1 fully saturated rings. The lowest BCUT2D eigenvalue weighted by Crippen LogP contribution is -2.41. The van der Waals surface area contributed by atoms with Gasteiger partial charge in [-0.15, -0.1) is 0 Å². The second-order valence-electron chi connectivity index (χ2n) is 7.58. The number of guanidine groups is 1. The van der Waals surface area contributed by atoms with Crippen LogP contribution < -0.4 is 10.6 Å². The van der Waals surface area contributed by atoms with E-state index in [2.05, 4.69) is 45.3 Å². The molecule has 0 bridgehead atoms. The van der Waals surface area contributed by atoms with E-state index in [4.69, 9.17) is 4.74 Å². The van der Waals surface area contributed by atoms with Crippen LogP contribution in [0.3, 0.4) is 0 Å². The summed E-state index contributed by atoms with van der Waals surface area (Å²) < 4.78 is 8.10. The Morgan fingerprint density at radius 3 is 2.62 bits per heavy atom. The van der Waals surface area contributed by atoms with Crippen molar-refractivity contribution in [2.45, 2.75) is 71.9 Å². The predicted octanol–water partition coefficient (Wildman–Crippen LogP) is 3.04. The fourth-order valence-corrected chi connectivity index (χ4v) is 3.51. The first-order valence-corrected chi connectivity index (χ1v) is 10.2. The largest absolute Gasteiger partial charge is 0.376 e. The molecule has 1 aromatic rings. The number of ether oxygens (including phenoxy) is 1. The summed E-state index contributed by atoms with van der Waals surface area (Å²) in [5.74, 6) is 1.31. The zero-order valence-electron chi connectivity index (χ0n) is 17.1. The minimum absolute atomic E-state index is 0.454. The standard InChI is InChI=1S/C20H37N5O/c1-16(15-25-18(3)13-17(2)24-25)14-23-20(21-4)22-11-12-26-19-9-7-5-6-8-10-19/h13,16,19H,5-12,14-15H2,1-4H3,(H2,21,22,23). The van der Waals surface area contributed by atoms with Crippen molar-refractivity contribution in [3.63, 3.8) is 0 Å². The van der Waals surface area contributed by atoms with E-state index in [0.717, 1.165) is 37.9 Å². The summed E-state index contributed by atoms with van der Waals surface area (Å²) in [7, 11) is 1.81. The molecule has 0 radical (unpaired) electrons. The lowest BCUT2D eigenvalue weighted by atomic mass is 10.1. The molecule has 1 aromatic heterocycles. The number of hydrogen-bond donors (Lipinski definition) is 2. The Kier molecular flexibility index (Phi) is 8.95. The van der Waals surface area contributed by atoms with Crippen LogP contribution in [0.5, 0.6) is 0 Å². The topological polar surface area (TPSA) is 63.5 Å². The first kappa shape index (κ1) is 20.7. The number of aryl methyl sites for hydroxylation is 2. The van der Waals surface area contributed by atoms with Crippen molar-refractivity contribution in [1.82, 2.24) is 20.4 Å². The molecule has 1 unspecified atom stereocenters. The van der Waals surface area contributed by atoms with Gasteiger partial charge >= 0.3 is 0 Å². The minimum atomic E-state index is 0.454. The van der Waals surface area contributed by atoms with Crippen LogP contribution in [0, 0.1) is 19.8 Å². The van der Waals surface area contributed by atoms with Gasteiger partial charge in [-0.25, -0.2) is 0 Å². The van der Waals surface area contributed by atoms with Crippen molar-refractivity contribution < 1.29 is 4.74 Å². The molecule has 26 heavy (non-hydrogen) atoms. The highest BCUT2D eigenvalue weighted by atomic mass is 16.5. The molecular formula is C20H37N5O. The third-order valence-electron chi connectivity index (χ3n) is 4.98. The number of aliphatic imine (C=N–C) groups is 1. The average Bonchev–Trinajstić information content (AvgIpc) is 2.81. The molecule has 0 aliphatic heterocycles. The van der Waals surface area contributed by atoms with Crippen molar-refractivity contribution in [2.24, 2.45) is 10.9 Å². The molecule has 1 aliphatic carbocycles. The van der Waals surface area contributed by atoms with Crippen LogP contribution in [-0.2, 0) is 11.3 Å². The maximum Gasteiger partial charge on any atom is 0.191 e. The van der Waals surface area contributed by atoms with Crippen LogP contribution in [0.2, 0.25) is 0 Å². The molecule has 6 nitrogen and oxygen atoms in total. The zero-order chi connectivity index (χ0) is 18.8. The fraction of sp³-hybridized carbons (Fsp3) is 0.800. The molecule has 2 N–H and O–H groups in total. The lowest BCUT2D eigenvalue weighted by molar-refractivity contribution is 0.0468. The first-order valence-electron chi connectivity index (χ1n) is 10.2. The molecule has 6 heteroatoms. The van der Waals surface area contributed by atoms with Crippen molar-refractivity contribution in [2.75, 3.05) is 26.7 Å². The number of nitrogens with one attached hydrogen (secondary N) is 2. The van der Waals surface area contributed by atoms with Crippen molar-refractivity contribution in [1.29, 1.82) is 0 Å². The monoisotopic (exact) mass is 363 g/mol. The highest BCUT2D eigenvalue weighted by molar-refractivity contribution is 5.79. The van der Waals surface area contributed by atoms with E-state index in [0.29, 0.717) is 12.0 Å². The minimum Gasteiger partial charge on any atom is -0.376 e. The van der Waals surface area contributed by atoms with Gasteiger partial charge in [-0.1, -0.05) is 32.6 Å². The van der Waals surface area contributed by atoms with Crippen molar-refractivity contribution in [3.8, 4) is 0 Å². The van der Waals surface area contributed by atoms with E-state index in [1.807, 2.05) is 14.0 Å². The molecule has 1 atom stereocenters. The van der Waals surface area contributed by atoms with Crippen LogP contribution in [-0.4, -0.2) is 48.6 Å². The fourth-order valence-electron chi connectivity index (χ4n) is 3.51. The predicted molar refractivity (Wildman–Crippen MR) is 108 cm³/mol. The number of rotatable bonds is 8. The Balaban J connectivity index is 1.61. The van der Waals surface area contributed by atoms with Crippen LogP contribution in [0.1, 0.15) is 56.8 Å². The summed E-state index contributed by atoms with van der Waals surface area (Å²) in [5.41, 5.74) is 2.29. The van der Waals surface area contributed by atoms with Crippen molar-refractivity contribution in [3.05, 3.63) is 17.5 Å². The maximum absolute atomic E-state index is 6.02. The van der Waals surface area contributed by atoms with Crippen LogP contribution in [0.4, 0.5) is 0 Å². The Hall–Kier alpha value is -1.56. The van der Waals surface area contributed by atoms with Gasteiger partial charge in [-0.05, 0) is 38.7 Å². The van der Waals surface area contributed by atoms with Crippen LogP contribution in [0.15, 0.2) is 11.1 Å². The van der Waals surface area contributed by atoms with Gasteiger partial charge in [0.25, 0.3) is 0 Å². The van der Waals surface area contributed by atoms with Gasteiger partial charge in [0.15, 0.2) is 5.96 Å². The third kappa shape index (κ3) is 7.36. The van der Waals surface area contributed by atoms with Gasteiger partial charge < -0.3 is 15.4 Å². The molecule has 0 aromatic carbocycles. The zero-order valence-corrected chi connectivity index (χ0v) is 17.1. The lowest BCUT2D eigenvalue weighted by Gasteiger charge is -2.18. The summed E-state index contributed by atoms with van der Waals surface area (Å²) in [4.78, 5) is 4.30. The smallest absolute Gasteiger partial charge is 0.191 e. The Bertz CT molecular complexity index is 546. The molecule has 2 rings (SSSR count). The molecule has 1 saturated carbocycles. The second-order valence-corrected chi connectivity index (χ2v) is 7.58. The average molecular weight is 364 g/mol. The maximum atomic E-state index is 6.02. The van der Waals surface area contributed by atoms with Crippen LogP contribution in [0.25, 0.3) is 0 Å². The molecule has 1 aliphatic rings. The molecule has 0 amide bonds. The SMILES string of the molecule is CN=C(NCCOC1CCCCCC1)NCC(C)Cn1nc(C)cc1C. The van der Waals surface area contributed by atoms with Gasteiger partial charge in [-0.2, -0.15) is 5.10 Å². The number of nitrogens with zero attached hydrogens (tertiary/aromatic N) is 3. The van der Waals surface area contributed by atoms with Gasteiger partial charge in [-0.3, -0.25) is 9.67 Å².